The highest BCUT2D eigenvalue weighted by Crippen LogP contribution is 2.37. The molecule has 4 aliphatic rings. The molecular weight excluding hydrogens is 612 g/mol. The monoisotopic (exact) mass is 664 g/mol. The number of hydrogen-bond acceptors (Lipinski definition) is 6. The number of halogens is 4. The van der Waals surface area contributed by atoms with Crippen LogP contribution in [0.25, 0.3) is 0 Å². The number of hydrogen-bond donors (Lipinski definition) is 3. The Morgan fingerprint density at radius 1 is 1.11 bits per heavy atom. The number of alkyl halides is 3. The van der Waals surface area contributed by atoms with Crippen LogP contribution in [0.3, 0.4) is 0 Å². The largest absolute Gasteiger partial charge is 0.416 e. The van der Waals surface area contributed by atoms with E-state index in [2.05, 4.69) is 33.1 Å². The van der Waals surface area contributed by atoms with Crippen molar-refractivity contribution in [2.45, 2.75) is 84.7 Å². The third kappa shape index (κ3) is 9.24. The summed E-state index contributed by atoms with van der Waals surface area (Å²) in [6, 6.07) is 11.4. The average Bonchev–Trinajstić information content (AvgIpc) is 3.53. The zero-order valence-corrected chi connectivity index (χ0v) is 27.1. The molecule has 0 bridgehead atoms. The summed E-state index contributed by atoms with van der Waals surface area (Å²) in [5.74, 6) is 0.884. The number of rotatable bonds is 9. The molecule has 2 heterocycles. The van der Waals surface area contributed by atoms with Crippen molar-refractivity contribution < 1.29 is 33.9 Å². The summed E-state index contributed by atoms with van der Waals surface area (Å²) in [5, 5.41) is 15.1. The van der Waals surface area contributed by atoms with Crippen LogP contribution in [0.5, 0.6) is 0 Å². The normalized spacial score (nSPS) is 23.3. The van der Waals surface area contributed by atoms with E-state index >= 15 is 0 Å². The van der Waals surface area contributed by atoms with E-state index in [0.29, 0.717) is 25.4 Å². The van der Waals surface area contributed by atoms with Crippen molar-refractivity contribution in [1.29, 1.82) is 0 Å². The first-order chi connectivity index (χ1) is 22.0. The maximum atomic E-state index is 13.3. The lowest BCUT2D eigenvalue weighted by Crippen LogP contribution is -2.55. The van der Waals surface area contributed by atoms with Crippen LogP contribution in [0, 0.1) is 17.7 Å². The first-order valence-corrected chi connectivity index (χ1v) is 16.2. The number of likely N-dealkylation sites (tertiary alicyclic amines) is 1. The van der Waals surface area contributed by atoms with Gasteiger partial charge in [0.05, 0.1) is 24.0 Å². The zero-order valence-electron chi connectivity index (χ0n) is 27.1. The van der Waals surface area contributed by atoms with Crippen molar-refractivity contribution in [3.8, 4) is 0 Å². The van der Waals surface area contributed by atoms with Gasteiger partial charge in [-0.25, -0.2) is 9.28 Å². The van der Waals surface area contributed by atoms with Crippen LogP contribution in [0.15, 0.2) is 65.5 Å². The van der Waals surface area contributed by atoms with E-state index in [1.54, 1.807) is 12.1 Å². The highest BCUT2D eigenvalue weighted by molar-refractivity contribution is 5.90. The molecule has 2 aromatic carbocycles. The molecule has 47 heavy (non-hydrogen) atoms. The molecule has 7 nitrogen and oxygen atoms in total. The van der Waals surface area contributed by atoms with Gasteiger partial charge in [-0.1, -0.05) is 64.6 Å². The minimum Gasteiger partial charge on any atom is -0.367 e. The Morgan fingerprint density at radius 3 is 2.28 bits per heavy atom. The van der Waals surface area contributed by atoms with Crippen LogP contribution in [-0.2, 0) is 28.8 Å². The van der Waals surface area contributed by atoms with Crippen LogP contribution in [0.1, 0.15) is 72.0 Å². The van der Waals surface area contributed by atoms with Gasteiger partial charge in [0, 0.05) is 52.6 Å². The van der Waals surface area contributed by atoms with Gasteiger partial charge < -0.3 is 9.80 Å². The molecule has 1 saturated carbocycles. The molecule has 0 aromatic heterocycles. The molecule has 2 aliphatic heterocycles. The Kier molecular flexibility index (Phi) is 13.6. The Bertz CT molecular complexity index is 1380. The van der Waals surface area contributed by atoms with E-state index in [4.69, 9.17) is 5.26 Å². The highest BCUT2D eigenvalue weighted by Gasteiger charge is 2.56. The molecule has 3 N–H and O–H groups in total. The summed E-state index contributed by atoms with van der Waals surface area (Å²) in [4.78, 5) is 21.2. The van der Waals surface area contributed by atoms with Crippen molar-refractivity contribution in [3.05, 3.63) is 88.0 Å². The van der Waals surface area contributed by atoms with Gasteiger partial charge in [0.15, 0.2) is 0 Å². The second kappa shape index (κ2) is 16.8. The van der Waals surface area contributed by atoms with Crippen LogP contribution in [0.4, 0.5) is 17.6 Å². The van der Waals surface area contributed by atoms with Crippen molar-refractivity contribution >= 4 is 5.91 Å². The standard InChI is InChI=1S/C25H31F3N4O.C8H9FO2.C2H6.CH4.H2/c1-16-12-32(14-17-4-3-5-17)23(33)24(16)15-29-22(30-24)19-10-21(11-19)31(2)13-18-6-8-20(9-7-18)25(26,27)28;9-8-3-1-7(2-4-8)5-6-11-10;1-2;;/h6-9,16-17,22,29-30H,3-5,10,12-15H2,1-2H3;1-4,10H,5-6H2;1-2H3;1H4;1H. The van der Waals surface area contributed by atoms with E-state index in [0.717, 1.165) is 54.0 Å². The summed E-state index contributed by atoms with van der Waals surface area (Å²) in [6.45, 7) is 9.25. The van der Waals surface area contributed by atoms with Crippen LogP contribution in [0.2, 0.25) is 0 Å². The topological polar surface area (TPSA) is 77.1 Å². The minimum atomic E-state index is -4.32. The lowest BCUT2D eigenvalue weighted by atomic mass is 9.85. The number of nitrogens with one attached hydrogen (secondary N) is 2. The second-order valence-corrected chi connectivity index (χ2v) is 12.4. The number of carbonyl (C=O) groups excluding carboxylic acids is 1. The number of benzene rings is 2. The zero-order chi connectivity index (χ0) is 33.5. The van der Waals surface area contributed by atoms with Gasteiger partial charge in [0.1, 0.15) is 11.4 Å². The van der Waals surface area contributed by atoms with E-state index in [9.17, 15) is 22.4 Å². The first kappa shape index (κ1) is 38.2. The van der Waals surface area contributed by atoms with Crippen molar-refractivity contribution in [3.63, 3.8) is 0 Å². The number of amides is 1. The number of nitrogens with zero attached hydrogens (tertiary/aromatic N) is 2. The highest BCUT2D eigenvalue weighted by atomic mass is 19.4. The van der Waals surface area contributed by atoms with Gasteiger partial charge in [-0.2, -0.15) is 13.2 Å². The summed E-state index contributed by atoms with van der Waals surface area (Å²) in [7, 11) is 1.93. The molecule has 2 aliphatic carbocycles. The SMILES string of the molecule is C.CC.CC1CN(CC2CCC2)C(=O)C12CNC(C1=C=C(N(C)Cc3ccc(C(F)(F)F)cc3)C1)N2.OOCCc1ccc(F)cc1.[HH]. The van der Waals surface area contributed by atoms with E-state index in [1.807, 2.05) is 25.8 Å². The Labute approximate surface area is 278 Å². The predicted octanol–water partition coefficient (Wildman–Crippen LogP) is 7.25. The first-order valence-electron chi connectivity index (χ1n) is 16.2. The maximum Gasteiger partial charge on any atom is 0.416 e. The molecule has 1 amide bonds. The fraction of sp³-hybridized carbons (Fsp3) is 0.556. The fourth-order valence-corrected chi connectivity index (χ4v) is 6.23. The molecular formula is C36H52F4N4O3. The molecule has 1 spiro atoms. The van der Waals surface area contributed by atoms with Crippen molar-refractivity contribution in [2.24, 2.45) is 11.8 Å². The van der Waals surface area contributed by atoms with E-state index in [1.165, 1.54) is 43.5 Å². The summed E-state index contributed by atoms with van der Waals surface area (Å²) in [6.07, 6.45) is 0.709. The summed E-state index contributed by atoms with van der Waals surface area (Å²) in [5.41, 5.74) is 6.12. The van der Waals surface area contributed by atoms with Gasteiger partial charge in [-0.15, -0.1) is 0 Å². The van der Waals surface area contributed by atoms with E-state index < -0.39 is 17.3 Å². The van der Waals surface area contributed by atoms with E-state index in [-0.39, 0.29) is 39.3 Å². The molecule has 2 saturated heterocycles. The maximum absolute atomic E-state index is 13.3. The third-order valence-corrected chi connectivity index (χ3v) is 9.26. The van der Waals surface area contributed by atoms with Crippen molar-refractivity contribution in [2.75, 3.05) is 33.3 Å². The minimum absolute atomic E-state index is 0. The molecule has 3 fully saturated rings. The van der Waals surface area contributed by atoms with Crippen molar-refractivity contribution in [1.82, 2.24) is 20.4 Å². The third-order valence-electron chi connectivity index (χ3n) is 9.26. The Balaban J connectivity index is 0.000000455. The Hall–Kier alpha value is -3.21. The van der Waals surface area contributed by atoms with Gasteiger partial charge >= 0.3 is 6.18 Å². The molecule has 262 valence electrons. The lowest BCUT2D eigenvalue weighted by molar-refractivity contribution is -0.241. The lowest BCUT2D eigenvalue weighted by Gasteiger charge is -2.32. The molecule has 3 unspecified atom stereocenters. The molecule has 2 aromatic rings. The quantitative estimate of drug-likeness (QED) is 0.114. The Morgan fingerprint density at radius 2 is 1.72 bits per heavy atom. The van der Waals surface area contributed by atoms with Gasteiger partial charge in [-0.05, 0) is 60.6 Å². The molecule has 3 atom stereocenters. The van der Waals surface area contributed by atoms with Gasteiger partial charge in [0.25, 0.3) is 0 Å². The van der Waals surface area contributed by atoms with Crippen LogP contribution < -0.4 is 10.6 Å². The molecule has 0 radical (unpaired) electrons. The molecule has 11 heteroatoms. The number of carbonyl (C=O) groups is 1. The second-order valence-electron chi connectivity index (χ2n) is 12.4. The summed E-state index contributed by atoms with van der Waals surface area (Å²) >= 11 is 0. The smallest absolute Gasteiger partial charge is 0.367 e. The fourth-order valence-electron chi connectivity index (χ4n) is 6.23. The predicted molar refractivity (Wildman–Crippen MR) is 178 cm³/mol. The average molecular weight is 665 g/mol. The van der Waals surface area contributed by atoms with Gasteiger partial charge in [0.2, 0.25) is 5.91 Å². The van der Waals surface area contributed by atoms with Gasteiger partial charge in [-0.3, -0.25) is 20.7 Å². The molecule has 6 rings (SSSR count). The van der Waals surface area contributed by atoms with Crippen LogP contribution in [-0.4, -0.2) is 66.0 Å². The van der Waals surface area contributed by atoms with Crippen LogP contribution >= 0.6 is 0 Å². The summed E-state index contributed by atoms with van der Waals surface area (Å²) < 4.78 is 50.6.